The van der Waals surface area contributed by atoms with E-state index in [-0.39, 0.29) is 30.7 Å². The van der Waals surface area contributed by atoms with Crippen LogP contribution in [0.15, 0.2) is 34.0 Å². The number of nitrogens with zero attached hydrogens (tertiary/aromatic N) is 2. The van der Waals surface area contributed by atoms with Crippen molar-refractivity contribution in [3.05, 3.63) is 56.4 Å². The summed E-state index contributed by atoms with van der Waals surface area (Å²) in [5.74, 6) is 0.00736. The first kappa shape index (κ1) is 18.8. The summed E-state index contributed by atoms with van der Waals surface area (Å²) in [6, 6.07) is 5.12. The van der Waals surface area contributed by atoms with E-state index >= 15 is 0 Å². The molecule has 0 saturated carbocycles. The average Bonchev–Trinajstić information content (AvgIpc) is 3.18. The van der Waals surface area contributed by atoms with Crippen LogP contribution < -0.4 is 26.5 Å². The molecule has 2 aliphatic heterocycles. The van der Waals surface area contributed by atoms with Crippen LogP contribution in [0.5, 0.6) is 11.5 Å². The number of ether oxygens (including phenoxy) is 2. The molecule has 0 spiro atoms. The molecule has 1 saturated heterocycles. The quantitative estimate of drug-likeness (QED) is 0.720. The maximum Gasteiger partial charge on any atom is 0.328 e. The number of piperidine rings is 1. The molecule has 4 rings (SSSR count). The van der Waals surface area contributed by atoms with E-state index in [1.165, 1.54) is 4.90 Å². The first-order chi connectivity index (χ1) is 13.9. The average molecular weight is 400 g/mol. The molecule has 1 fully saturated rings. The van der Waals surface area contributed by atoms with Crippen molar-refractivity contribution in [2.75, 3.05) is 19.9 Å². The number of carbonyl (C=O) groups excluding carboxylic acids is 2. The molecule has 0 aliphatic carbocycles. The Bertz CT molecular complexity index is 1080. The molecule has 2 aliphatic rings. The lowest BCUT2D eigenvalue weighted by molar-refractivity contribution is -0.123. The zero-order valence-electron chi connectivity index (χ0n) is 15.6. The lowest BCUT2D eigenvalue weighted by atomic mass is 9.96. The summed E-state index contributed by atoms with van der Waals surface area (Å²) in [6.45, 7) is 0.756. The highest BCUT2D eigenvalue weighted by Gasteiger charge is 2.28. The number of aromatic amines is 1. The number of benzene rings is 1. The third kappa shape index (κ3) is 3.60. The van der Waals surface area contributed by atoms with Crippen LogP contribution >= 0.6 is 0 Å². The molecule has 2 aromatic rings. The van der Waals surface area contributed by atoms with Crippen molar-refractivity contribution in [3.8, 4) is 11.5 Å². The molecule has 1 aromatic heterocycles. The molecule has 1 aromatic carbocycles. The maximum atomic E-state index is 12.8. The van der Waals surface area contributed by atoms with E-state index in [9.17, 15) is 19.2 Å². The van der Waals surface area contributed by atoms with Crippen LogP contribution in [0, 0.1) is 5.92 Å². The van der Waals surface area contributed by atoms with Gasteiger partial charge in [-0.25, -0.2) is 4.79 Å². The van der Waals surface area contributed by atoms with Crippen molar-refractivity contribution in [3.63, 3.8) is 0 Å². The molecule has 0 atom stereocenters. The van der Waals surface area contributed by atoms with E-state index < -0.39 is 17.2 Å². The Kier molecular flexibility index (Phi) is 4.83. The fraction of sp³-hybridized carbons (Fsp3) is 0.368. The second-order valence-corrected chi connectivity index (χ2v) is 7.06. The molecule has 152 valence electrons. The van der Waals surface area contributed by atoms with Gasteiger partial charge in [-0.1, -0.05) is 6.07 Å². The van der Waals surface area contributed by atoms with Gasteiger partial charge in [-0.15, -0.1) is 0 Å². The minimum atomic E-state index is -0.673. The second-order valence-electron chi connectivity index (χ2n) is 7.06. The van der Waals surface area contributed by atoms with E-state index in [4.69, 9.17) is 15.2 Å². The smallest absolute Gasteiger partial charge is 0.328 e. The fourth-order valence-electron chi connectivity index (χ4n) is 3.57. The highest BCUT2D eigenvalue weighted by atomic mass is 16.7. The van der Waals surface area contributed by atoms with Crippen molar-refractivity contribution >= 4 is 11.8 Å². The number of likely N-dealkylation sites (tertiary alicyclic amines) is 1. The minimum absolute atomic E-state index is 0.0182. The van der Waals surface area contributed by atoms with Gasteiger partial charge >= 0.3 is 5.69 Å². The third-order valence-corrected chi connectivity index (χ3v) is 5.25. The number of rotatable bonds is 4. The van der Waals surface area contributed by atoms with Crippen molar-refractivity contribution in [2.24, 2.45) is 11.7 Å². The Morgan fingerprint density at radius 3 is 2.59 bits per heavy atom. The summed E-state index contributed by atoms with van der Waals surface area (Å²) in [7, 11) is 0. The molecule has 2 amide bonds. The molecule has 0 unspecified atom stereocenters. The van der Waals surface area contributed by atoms with Crippen LogP contribution in [0.1, 0.15) is 28.8 Å². The second kappa shape index (κ2) is 7.46. The van der Waals surface area contributed by atoms with Crippen molar-refractivity contribution < 1.29 is 19.1 Å². The number of H-pyrrole nitrogens is 1. The van der Waals surface area contributed by atoms with Gasteiger partial charge in [0.25, 0.3) is 11.5 Å². The third-order valence-electron chi connectivity index (χ3n) is 5.25. The van der Waals surface area contributed by atoms with Gasteiger partial charge in [0, 0.05) is 25.2 Å². The van der Waals surface area contributed by atoms with Gasteiger partial charge in [0.15, 0.2) is 11.5 Å². The summed E-state index contributed by atoms with van der Waals surface area (Å²) in [5, 5.41) is 0. The predicted octanol–water partition coefficient (Wildman–Crippen LogP) is -0.349. The Morgan fingerprint density at radius 2 is 1.86 bits per heavy atom. The van der Waals surface area contributed by atoms with Gasteiger partial charge in [-0.3, -0.25) is 19.0 Å². The zero-order valence-corrected chi connectivity index (χ0v) is 15.6. The van der Waals surface area contributed by atoms with Crippen molar-refractivity contribution in [2.45, 2.75) is 19.4 Å². The van der Waals surface area contributed by atoms with E-state index in [0.29, 0.717) is 43.0 Å². The molecule has 10 nitrogen and oxygen atoms in total. The van der Waals surface area contributed by atoms with Gasteiger partial charge in [-0.05, 0) is 30.5 Å². The Hall–Kier alpha value is -3.56. The van der Waals surface area contributed by atoms with E-state index in [1.807, 2.05) is 0 Å². The minimum Gasteiger partial charge on any atom is -0.454 e. The van der Waals surface area contributed by atoms with Gasteiger partial charge in [0.2, 0.25) is 12.7 Å². The lowest BCUT2D eigenvalue weighted by Crippen LogP contribution is -2.45. The highest BCUT2D eigenvalue weighted by Crippen LogP contribution is 2.32. The maximum absolute atomic E-state index is 12.8. The number of nitrogens with one attached hydrogen (secondary N) is 1. The van der Waals surface area contributed by atoms with E-state index in [2.05, 4.69) is 4.98 Å². The fourth-order valence-corrected chi connectivity index (χ4v) is 3.57. The predicted molar refractivity (Wildman–Crippen MR) is 101 cm³/mol. The standard InChI is InChI=1S/C19H20N4O6/c20-16(24)12-3-5-22(6-4-12)17(25)13-8-21-19(27)23(18(13)26)9-11-1-2-14-15(7-11)29-10-28-14/h1-2,7-8,12H,3-6,9-10H2,(H2,20,24)(H,21,27). The number of fused-ring (bicyclic) bond motifs is 1. The normalized spacial score (nSPS) is 16.1. The first-order valence-corrected chi connectivity index (χ1v) is 9.23. The van der Waals surface area contributed by atoms with E-state index in [1.54, 1.807) is 18.2 Å². The zero-order chi connectivity index (χ0) is 20.5. The number of hydrogen-bond donors (Lipinski definition) is 2. The monoisotopic (exact) mass is 400 g/mol. The summed E-state index contributed by atoms with van der Waals surface area (Å²) in [4.78, 5) is 53.1. The largest absolute Gasteiger partial charge is 0.454 e. The van der Waals surface area contributed by atoms with Crippen LogP contribution in [0.2, 0.25) is 0 Å². The van der Waals surface area contributed by atoms with Crippen molar-refractivity contribution in [1.29, 1.82) is 0 Å². The highest BCUT2D eigenvalue weighted by molar-refractivity contribution is 5.93. The number of nitrogens with two attached hydrogens (primary N) is 1. The molecule has 10 heteroatoms. The van der Waals surface area contributed by atoms with Gasteiger partial charge in [0.1, 0.15) is 5.56 Å². The Morgan fingerprint density at radius 1 is 1.14 bits per heavy atom. The molecule has 0 bridgehead atoms. The van der Waals surface area contributed by atoms with Crippen molar-refractivity contribution in [1.82, 2.24) is 14.5 Å². The number of primary amides is 1. The summed E-state index contributed by atoms with van der Waals surface area (Å²) >= 11 is 0. The summed E-state index contributed by atoms with van der Waals surface area (Å²) in [5.41, 5.74) is 4.57. The first-order valence-electron chi connectivity index (χ1n) is 9.23. The lowest BCUT2D eigenvalue weighted by Gasteiger charge is -2.30. The van der Waals surface area contributed by atoms with Crippen LogP contribution in [0.4, 0.5) is 0 Å². The van der Waals surface area contributed by atoms with Crippen LogP contribution in [-0.2, 0) is 11.3 Å². The summed E-state index contributed by atoms with van der Waals surface area (Å²) in [6.07, 6.45) is 2.05. The molecule has 29 heavy (non-hydrogen) atoms. The summed E-state index contributed by atoms with van der Waals surface area (Å²) < 4.78 is 11.5. The van der Waals surface area contributed by atoms with Gasteiger partial charge < -0.3 is 25.1 Å². The Balaban J connectivity index is 1.57. The van der Waals surface area contributed by atoms with Gasteiger partial charge in [0.05, 0.1) is 6.54 Å². The van der Waals surface area contributed by atoms with Crippen LogP contribution in [-0.4, -0.2) is 46.1 Å². The van der Waals surface area contributed by atoms with Crippen LogP contribution in [0.3, 0.4) is 0 Å². The van der Waals surface area contributed by atoms with Crippen LogP contribution in [0.25, 0.3) is 0 Å². The van der Waals surface area contributed by atoms with E-state index in [0.717, 1.165) is 10.8 Å². The molecule has 3 N–H and O–H groups in total. The molecular formula is C19H20N4O6. The molecule has 0 radical (unpaired) electrons. The number of aromatic nitrogens is 2. The Labute approximate surface area is 164 Å². The number of carbonyl (C=O) groups is 2. The van der Waals surface area contributed by atoms with Gasteiger partial charge in [-0.2, -0.15) is 0 Å². The topological polar surface area (TPSA) is 137 Å². The SMILES string of the molecule is NC(=O)C1CCN(C(=O)c2c[nH]c(=O)n(Cc3ccc4c(c3)OCO4)c2=O)CC1. The molecular weight excluding hydrogens is 380 g/mol. The molecule has 3 heterocycles. The number of hydrogen-bond acceptors (Lipinski definition) is 6. The number of amides is 2.